The van der Waals surface area contributed by atoms with Crippen LogP contribution in [0.5, 0.6) is 5.75 Å². The Balaban J connectivity index is 2.48. The number of rotatable bonds is 1. The molecule has 1 unspecified atom stereocenters. The van der Waals surface area contributed by atoms with E-state index >= 15 is 0 Å². The summed E-state index contributed by atoms with van der Waals surface area (Å²) in [6.45, 7) is 0. The molecule has 6 heteroatoms. The summed E-state index contributed by atoms with van der Waals surface area (Å²) in [7, 11) is 1.58. The molecule has 2 N–H and O–H groups in total. The molecule has 0 fully saturated rings. The fourth-order valence-corrected chi connectivity index (χ4v) is 1.85. The number of hydrogen-bond acceptors (Lipinski definition) is 3. The minimum atomic E-state index is -1.24. The molecule has 0 saturated heterocycles. The fourth-order valence-electron chi connectivity index (χ4n) is 1.51. The van der Waals surface area contributed by atoms with Crippen molar-refractivity contribution < 1.29 is 14.3 Å². The minimum Gasteiger partial charge on any atom is -0.468 e. The molecule has 0 saturated carbocycles. The van der Waals surface area contributed by atoms with Crippen molar-refractivity contribution in [1.29, 1.82) is 0 Å². The number of anilines is 1. The zero-order chi connectivity index (χ0) is 11.9. The third-order valence-corrected chi connectivity index (χ3v) is 2.83. The van der Waals surface area contributed by atoms with Crippen molar-refractivity contribution >= 4 is 33.4 Å². The van der Waals surface area contributed by atoms with Crippen LogP contribution in [0.4, 0.5) is 5.69 Å². The Morgan fingerprint density at radius 3 is 2.88 bits per heavy atom. The predicted molar refractivity (Wildman–Crippen MR) is 61.2 cm³/mol. The van der Waals surface area contributed by atoms with E-state index in [-0.39, 0.29) is 0 Å². The van der Waals surface area contributed by atoms with Gasteiger partial charge in [-0.3, -0.25) is 9.59 Å². The first-order valence-corrected chi connectivity index (χ1v) is 5.33. The maximum absolute atomic E-state index is 11.7. The van der Waals surface area contributed by atoms with Gasteiger partial charge in [0.2, 0.25) is 0 Å². The van der Waals surface area contributed by atoms with Crippen LogP contribution in [-0.4, -0.2) is 25.0 Å². The molecule has 0 radical (unpaired) electrons. The van der Waals surface area contributed by atoms with E-state index in [1.165, 1.54) is 4.90 Å². The summed E-state index contributed by atoms with van der Waals surface area (Å²) in [5.41, 5.74) is 5.71. The summed E-state index contributed by atoms with van der Waals surface area (Å²) in [5, 5.41) is 0. The quantitative estimate of drug-likeness (QED) is 0.770. The van der Waals surface area contributed by atoms with Gasteiger partial charge in [0.15, 0.2) is 0 Å². The first kappa shape index (κ1) is 10.9. The lowest BCUT2D eigenvalue weighted by Crippen LogP contribution is -2.50. The Kier molecular flexibility index (Phi) is 2.59. The number of primary amides is 1. The number of amides is 2. The Bertz CT molecular complexity index is 475. The molecule has 1 aromatic carbocycles. The van der Waals surface area contributed by atoms with Crippen LogP contribution >= 0.6 is 15.9 Å². The van der Waals surface area contributed by atoms with Gasteiger partial charge in [-0.2, -0.15) is 0 Å². The third-order valence-electron chi connectivity index (χ3n) is 2.34. The summed E-state index contributed by atoms with van der Waals surface area (Å²) < 4.78 is 6.06. The topological polar surface area (TPSA) is 72.6 Å². The number of ether oxygens (including phenoxy) is 1. The number of halogens is 1. The molecule has 1 aliphatic rings. The number of fused-ring (bicyclic) bond motifs is 1. The van der Waals surface area contributed by atoms with Crippen molar-refractivity contribution in [2.75, 3.05) is 11.9 Å². The van der Waals surface area contributed by atoms with Gasteiger partial charge in [-0.25, -0.2) is 0 Å². The average molecular weight is 285 g/mol. The average Bonchev–Trinajstić information content (AvgIpc) is 2.22. The fraction of sp³-hybridized carbons (Fsp3) is 0.200. The Labute approximate surface area is 100 Å². The second kappa shape index (κ2) is 3.79. The maximum atomic E-state index is 11.7. The number of benzene rings is 1. The van der Waals surface area contributed by atoms with Crippen LogP contribution in [0, 0.1) is 0 Å². The maximum Gasteiger partial charge on any atom is 0.277 e. The highest BCUT2D eigenvalue weighted by molar-refractivity contribution is 9.10. The molecule has 0 bridgehead atoms. The van der Waals surface area contributed by atoms with Crippen molar-refractivity contribution in [1.82, 2.24) is 0 Å². The van der Waals surface area contributed by atoms with Gasteiger partial charge in [0.05, 0.1) is 5.69 Å². The number of hydrogen-bond donors (Lipinski definition) is 1. The number of likely N-dealkylation sites (N-methyl/N-ethyl adjacent to an activating group) is 1. The minimum absolute atomic E-state index is 0.456. The van der Waals surface area contributed by atoms with Gasteiger partial charge < -0.3 is 15.4 Å². The van der Waals surface area contributed by atoms with E-state index in [1.807, 2.05) is 0 Å². The molecule has 1 aliphatic heterocycles. The van der Waals surface area contributed by atoms with E-state index in [0.29, 0.717) is 11.4 Å². The highest BCUT2D eigenvalue weighted by Crippen LogP contribution is 2.35. The summed E-state index contributed by atoms with van der Waals surface area (Å²) >= 11 is 3.28. The molecule has 0 spiro atoms. The van der Waals surface area contributed by atoms with Crippen LogP contribution in [0.15, 0.2) is 22.7 Å². The number of carbonyl (C=O) groups is 2. The van der Waals surface area contributed by atoms with Crippen molar-refractivity contribution in [2.45, 2.75) is 6.10 Å². The zero-order valence-corrected chi connectivity index (χ0v) is 10.0. The third kappa shape index (κ3) is 1.65. The lowest BCUT2D eigenvalue weighted by molar-refractivity contribution is -0.136. The summed E-state index contributed by atoms with van der Waals surface area (Å²) in [6, 6.07) is 5.21. The summed E-state index contributed by atoms with van der Waals surface area (Å²) in [6.07, 6.45) is -1.24. The lowest BCUT2D eigenvalue weighted by Gasteiger charge is -2.30. The van der Waals surface area contributed by atoms with Gasteiger partial charge in [-0.1, -0.05) is 15.9 Å². The normalized spacial score (nSPS) is 19.0. The van der Waals surface area contributed by atoms with E-state index < -0.39 is 17.9 Å². The molecular weight excluding hydrogens is 276 g/mol. The van der Waals surface area contributed by atoms with Gasteiger partial charge in [-0.05, 0) is 18.2 Å². The molecule has 2 rings (SSSR count). The van der Waals surface area contributed by atoms with Crippen LogP contribution in [0.1, 0.15) is 0 Å². The Hall–Kier alpha value is -1.56. The van der Waals surface area contributed by atoms with Crippen LogP contribution in [0.2, 0.25) is 0 Å². The molecule has 84 valence electrons. The smallest absolute Gasteiger partial charge is 0.277 e. The Morgan fingerprint density at radius 2 is 2.25 bits per heavy atom. The standard InChI is InChI=1S/C10H9BrN2O3/c1-13-6-3-2-5(11)4-7(6)16-8(9(12)14)10(13)15/h2-4,8H,1H3,(H2,12,14). The largest absolute Gasteiger partial charge is 0.468 e. The van der Waals surface area contributed by atoms with Crippen LogP contribution < -0.4 is 15.4 Å². The van der Waals surface area contributed by atoms with Gasteiger partial charge >= 0.3 is 0 Å². The Morgan fingerprint density at radius 1 is 1.56 bits per heavy atom. The molecular formula is C10H9BrN2O3. The van der Waals surface area contributed by atoms with Crippen molar-refractivity contribution in [2.24, 2.45) is 5.73 Å². The molecule has 5 nitrogen and oxygen atoms in total. The lowest BCUT2D eigenvalue weighted by atomic mass is 10.2. The molecule has 16 heavy (non-hydrogen) atoms. The second-order valence-corrected chi connectivity index (χ2v) is 4.33. The molecule has 0 aliphatic carbocycles. The van der Waals surface area contributed by atoms with Crippen molar-refractivity contribution in [3.63, 3.8) is 0 Å². The first-order chi connectivity index (χ1) is 7.50. The van der Waals surface area contributed by atoms with E-state index in [1.54, 1.807) is 25.2 Å². The van der Waals surface area contributed by atoms with Crippen molar-refractivity contribution in [3.8, 4) is 5.75 Å². The van der Waals surface area contributed by atoms with Crippen LogP contribution in [0.3, 0.4) is 0 Å². The van der Waals surface area contributed by atoms with Gasteiger partial charge in [-0.15, -0.1) is 0 Å². The van der Waals surface area contributed by atoms with Gasteiger partial charge in [0, 0.05) is 11.5 Å². The SMILES string of the molecule is CN1C(=O)C(C(N)=O)Oc2cc(Br)ccc21. The molecule has 1 heterocycles. The number of carbonyl (C=O) groups excluding carboxylic acids is 2. The number of nitrogens with two attached hydrogens (primary N) is 1. The highest BCUT2D eigenvalue weighted by atomic mass is 79.9. The monoisotopic (exact) mass is 284 g/mol. The first-order valence-electron chi connectivity index (χ1n) is 4.54. The molecule has 1 aromatic rings. The summed E-state index contributed by atoms with van der Waals surface area (Å²) in [5.74, 6) is -0.787. The van der Waals surface area contributed by atoms with Gasteiger partial charge in [0.1, 0.15) is 5.75 Å². The second-order valence-electron chi connectivity index (χ2n) is 3.41. The van der Waals surface area contributed by atoms with E-state index in [4.69, 9.17) is 10.5 Å². The van der Waals surface area contributed by atoms with Crippen LogP contribution in [0.25, 0.3) is 0 Å². The van der Waals surface area contributed by atoms with Crippen LogP contribution in [-0.2, 0) is 9.59 Å². The molecule has 2 amide bonds. The molecule has 1 atom stereocenters. The van der Waals surface area contributed by atoms with Gasteiger partial charge in [0.25, 0.3) is 17.9 Å². The van der Waals surface area contributed by atoms with E-state index in [2.05, 4.69) is 15.9 Å². The predicted octanol–water partition coefficient (Wildman–Crippen LogP) is 0.658. The highest BCUT2D eigenvalue weighted by Gasteiger charge is 2.36. The zero-order valence-electron chi connectivity index (χ0n) is 8.44. The van der Waals surface area contributed by atoms with E-state index in [0.717, 1.165) is 4.47 Å². The molecule has 0 aromatic heterocycles. The summed E-state index contributed by atoms with van der Waals surface area (Å²) in [4.78, 5) is 24.1. The number of nitrogens with zero attached hydrogens (tertiary/aromatic N) is 1. The van der Waals surface area contributed by atoms with E-state index in [9.17, 15) is 9.59 Å². The van der Waals surface area contributed by atoms with Crippen molar-refractivity contribution in [3.05, 3.63) is 22.7 Å².